The molecule has 1 heterocycles. The minimum absolute atomic E-state index is 0.146. The Hall–Kier alpha value is -2.83. The topological polar surface area (TPSA) is 58.2 Å². The van der Waals surface area contributed by atoms with Gasteiger partial charge in [-0.15, -0.1) is 0 Å². The van der Waals surface area contributed by atoms with Crippen LogP contribution >= 0.6 is 0 Å². The number of carbonyl (C=O) groups excluding carboxylic acids is 2. The number of fused-ring (bicyclic) bond motifs is 1. The molecule has 7 heteroatoms. The average molecular weight is 320 g/mol. The van der Waals surface area contributed by atoms with Crippen LogP contribution in [0.2, 0.25) is 0 Å². The average Bonchev–Trinajstić information content (AvgIpc) is 2.48. The summed E-state index contributed by atoms with van der Waals surface area (Å²) in [5.41, 5.74) is 0.457. The van der Waals surface area contributed by atoms with E-state index in [2.05, 4.69) is 10.6 Å². The smallest absolute Gasteiger partial charge is 0.232 e. The Labute approximate surface area is 129 Å². The molecule has 118 valence electrons. The summed E-state index contributed by atoms with van der Waals surface area (Å²) in [7, 11) is 0. The lowest BCUT2D eigenvalue weighted by Crippen LogP contribution is -2.31. The van der Waals surface area contributed by atoms with E-state index in [9.17, 15) is 22.8 Å². The van der Waals surface area contributed by atoms with Gasteiger partial charge in [0, 0.05) is 18.2 Å². The van der Waals surface area contributed by atoms with E-state index in [1.807, 2.05) is 0 Å². The van der Waals surface area contributed by atoms with Crippen molar-refractivity contribution < 1.29 is 22.8 Å². The predicted molar refractivity (Wildman–Crippen MR) is 77.4 cm³/mol. The number of halogens is 3. The van der Waals surface area contributed by atoms with Crippen molar-refractivity contribution in [3.63, 3.8) is 0 Å². The molecule has 1 aliphatic heterocycles. The van der Waals surface area contributed by atoms with Gasteiger partial charge in [0.15, 0.2) is 0 Å². The van der Waals surface area contributed by atoms with Gasteiger partial charge in [0.2, 0.25) is 11.8 Å². The highest BCUT2D eigenvalue weighted by Crippen LogP contribution is 2.33. The lowest BCUT2D eigenvalue weighted by Gasteiger charge is -2.25. The molecule has 2 amide bonds. The van der Waals surface area contributed by atoms with Crippen molar-refractivity contribution >= 4 is 23.2 Å². The first-order chi connectivity index (χ1) is 10.9. The Kier molecular flexibility index (Phi) is 3.77. The van der Waals surface area contributed by atoms with E-state index in [0.717, 1.165) is 18.2 Å². The number of amides is 2. The van der Waals surface area contributed by atoms with E-state index in [1.54, 1.807) is 0 Å². The van der Waals surface area contributed by atoms with Gasteiger partial charge in [0.05, 0.1) is 11.6 Å². The highest BCUT2D eigenvalue weighted by molar-refractivity contribution is 6.05. The molecule has 1 aliphatic rings. The molecule has 0 aromatic heterocycles. The molecule has 0 spiro atoms. The van der Waals surface area contributed by atoms with Crippen LogP contribution in [0.1, 0.15) is 17.9 Å². The zero-order valence-electron chi connectivity index (χ0n) is 11.7. The number of rotatable bonds is 2. The second-order valence-corrected chi connectivity index (χ2v) is 5.15. The summed E-state index contributed by atoms with van der Waals surface area (Å²) < 4.78 is 39.8. The lowest BCUT2D eigenvalue weighted by molar-refractivity contribution is -0.123. The number of anilines is 2. The molecule has 1 atom stereocenters. The van der Waals surface area contributed by atoms with Gasteiger partial charge in [-0.25, -0.2) is 13.2 Å². The first kappa shape index (κ1) is 15.1. The number of nitrogens with one attached hydrogen (secondary N) is 2. The largest absolute Gasteiger partial charge is 0.326 e. The van der Waals surface area contributed by atoms with Crippen LogP contribution in [0.3, 0.4) is 0 Å². The normalized spacial score (nSPS) is 16.5. The van der Waals surface area contributed by atoms with Crippen molar-refractivity contribution in [2.24, 2.45) is 0 Å². The zero-order chi connectivity index (χ0) is 16.6. The van der Waals surface area contributed by atoms with Crippen LogP contribution in [-0.4, -0.2) is 11.8 Å². The van der Waals surface area contributed by atoms with E-state index in [1.165, 1.54) is 12.1 Å². The standard InChI is InChI=1S/C16H11F3N2O2/c17-8-2-4-13(12(19)5-8)21-16(23)11-7-15(22)20-14-6-9(18)1-3-10(11)14/h1-6,11H,7H2,(H,20,22)(H,21,23)/t11-/m1/s1. The summed E-state index contributed by atoms with van der Waals surface area (Å²) >= 11 is 0. The zero-order valence-corrected chi connectivity index (χ0v) is 11.7. The Morgan fingerprint density at radius 1 is 1.09 bits per heavy atom. The molecule has 0 radical (unpaired) electrons. The summed E-state index contributed by atoms with van der Waals surface area (Å²) in [5.74, 6) is -4.18. The van der Waals surface area contributed by atoms with Gasteiger partial charge in [0.1, 0.15) is 17.5 Å². The first-order valence-corrected chi connectivity index (χ1v) is 6.79. The number of hydrogen-bond acceptors (Lipinski definition) is 2. The third kappa shape index (κ3) is 3.03. The Bertz CT molecular complexity index is 808. The summed E-state index contributed by atoms with van der Waals surface area (Å²) in [4.78, 5) is 24.0. The molecule has 3 rings (SSSR count). The molecular formula is C16H11F3N2O2. The minimum atomic E-state index is -0.919. The molecule has 0 unspecified atom stereocenters. The maximum atomic E-state index is 13.6. The molecule has 0 fully saturated rings. The molecule has 2 N–H and O–H groups in total. The molecule has 2 aromatic carbocycles. The third-order valence-electron chi connectivity index (χ3n) is 3.56. The summed E-state index contributed by atoms with van der Waals surface area (Å²) in [5, 5.41) is 4.81. The summed E-state index contributed by atoms with van der Waals surface area (Å²) in [6.45, 7) is 0. The molecule has 0 bridgehead atoms. The lowest BCUT2D eigenvalue weighted by atomic mass is 9.89. The Balaban J connectivity index is 1.89. The van der Waals surface area contributed by atoms with Crippen LogP contribution in [0.5, 0.6) is 0 Å². The predicted octanol–water partition coefficient (Wildman–Crippen LogP) is 3.17. The molecule has 0 aliphatic carbocycles. The highest BCUT2D eigenvalue weighted by Gasteiger charge is 2.31. The van der Waals surface area contributed by atoms with Crippen LogP contribution < -0.4 is 10.6 Å². The molecule has 0 saturated carbocycles. The van der Waals surface area contributed by atoms with Crippen molar-refractivity contribution in [1.82, 2.24) is 0 Å². The van der Waals surface area contributed by atoms with Gasteiger partial charge in [0.25, 0.3) is 0 Å². The number of carbonyl (C=O) groups is 2. The molecule has 23 heavy (non-hydrogen) atoms. The van der Waals surface area contributed by atoms with Crippen LogP contribution in [0.4, 0.5) is 24.5 Å². The van der Waals surface area contributed by atoms with Crippen molar-refractivity contribution in [2.45, 2.75) is 12.3 Å². The molecule has 4 nitrogen and oxygen atoms in total. The summed E-state index contributed by atoms with van der Waals surface area (Å²) in [6.07, 6.45) is -0.146. The van der Waals surface area contributed by atoms with Crippen molar-refractivity contribution in [1.29, 1.82) is 0 Å². The van der Waals surface area contributed by atoms with Crippen LogP contribution in [0, 0.1) is 17.5 Å². The monoisotopic (exact) mass is 320 g/mol. The van der Waals surface area contributed by atoms with Gasteiger partial charge in [-0.2, -0.15) is 0 Å². The van der Waals surface area contributed by atoms with E-state index >= 15 is 0 Å². The fourth-order valence-corrected chi connectivity index (χ4v) is 2.48. The van der Waals surface area contributed by atoms with E-state index in [4.69, 9.17) is 0 Å². The minimum Gasteiger partial charge on any atom is -0.326 e. The Morgan fingerprint density at radius 2 is 1.78 bits per heavy atom. The highest BCUT2D eigenvalue weighted by atomic mass is 19.1. The quantitative estimate of drug-likeness (QED) is 0.893. The first-order valence-electron chi connectivity index (χ1n) is 6.79. The van der Waals surface area contributed by atoms with Crippen LogP contribution in [0.15, 0.2) is 36.4 Å². The second-order valence-electron chi connectivity index (χ2n) is 5.15. The third-order valence-corrected chi connectivity index (χ3v) is 3.56. The van der Waals surface area contributed by atoms with Crippen molar-refractivity contribution in [3.05, 3.63) is 59.4 Å². The van der Waals surface area contributed by atoms with E-state index in [0.29, 0.717) is 11.6 Å². The van der Waals surface area contributed by atoms with E-state index < -0.39 is 35.2 Å². The van der Waals surface area contributed by atoms with Crippen LogP contribution in [0.25, 0.3) is 0 Å². The number of hydrogen-bond donors (Lipinski definition) is 2. The van der Waals surface area contributed by atoms with E-state index in [-0.39, 0.29) is 17.8 Å². The molecule has 2 aromatic rings. The SMILES string of the molecule is O=C1C[C@@H](C(=O)Nc2ccc(F)cc2F)c2ccc(F)cc2N1. The molecular weight excluding hydrogens is 309 g/mol. The summed E-state index contributed by atoms with van der Waals surface area (Å²) in [6, 6.07) is 6.44. The van der Waals surface area contributed by atoms with Gasteiger partial charge >= 0.3 is 0 Å². The van der Waals surface area contributed by atoms with Gasteiger partial charge in [-0.3, -0.25) is 9.59 Å². The van der Waals surface area contributed by atoms with Gasteiger partial charge < -0.3 is 10.6 Å². The number of benzene rings is 2. The van der Waals surface area contributed by atoms with Crippen molar-refractivity contribution in [2.75, 3.05) is 10.6 Å². The van der Waals surface area contributed by atoms with Gasteiger partial charge in [-0.1, -0.05) is 6.07 Å². The Morgan fingerprint density at radius 3 is 2.52 bits per heavy atom. The van der Waals surface area contributed by atoms with Gasteiger partial charge in [-0.05, 0) is 29.8 Å². The molecule has 0 saturated heterocycles. The van der Waals surface area contributed by atoms with Crippen molar-refractivity contribution in [3.8, 4) is 0 Å². The maximum Gasteiger partial charge on any atom is 0.232 e. The second kappa shape index (κ2) is 5.75. The fourth-order valence-electron chi connectivity index (χ4n) is 2.48. The fraction of sp³-hybridized carbons (Fsp3) is 0.125. The van der Waals surface area contributed by atoms with Crippen LogP contribution in [-0.2, 0) is 9.59 Å². The maximum absolute atomic E-state index is 13.6.